The fraction of sp³-hybridized carbons (Fsp3) is 0.200. The van der Waals surface area contributed by atoms with Gasteiger partial charge in [-0.2, -0.15) is 0 Å². The van der Waals surface area contributed by atoms with E-state index in [-0.39, 0.29) is 20.9 Å². The summed E-state index contributed by atoms with van der Waals surface area (Å²) >= 11 is 5.62. The van der Waals surface area contributed by atoms with Crippen LogP contribution in [-0.2, 0) is 0 Å². The Morgan fingerprint density at radius 3 is 1.94 bits per heavy atom. The second-order valence-electron chi connectivity index (χ2n) is 4.28. The molecule has 0 N–H and O–H groups in total. The van der Waals surface area contributed by atoms with E-state index in [4.69, 9.17) is 11.6 Å². The number of rotatable bonds is 2. The van der Waals surface area contributed by atoms with Crippen LogP contribution in [0, 0.1) is 20.8 Å². The SMILES string of the molecule is Cc1cc(C)c([Te]c2ccc(Cl)cc2)c(C)c1. The van der Waals surface area contributed by atoms with Crippen molar-refractivity contribution in [3.05, 3.63) is 58.1 Å². The van der Waals surface area contributed by atoms with Crippen LogP contribution in [0.2, 0.25) is 5.02 Å². The first-order valence-electron chi connectivity index (χ1n) is 5.57. The Balaban J connectivity index is 2.33. The van der Waals surface area contributed by atoms with Gasteiger partial charge in [0.1, 0.15) is 0 Å². The van der Waals surface area contributed by atoms with Crippen molar-refractivity contribution in [2.45, 2.75) is 20.8 Å². The molecule has 0 aliphatic rings. The van der Waals surface area contributed by atoms with Crippen molar-refractivity contribution in [2.75, 3.05) is 0 Å². The molecule has 0 radical (unpaired) electrons. The third-order valence-electron chi connectivity index (χ3n) is 2.64. The Morgan fingerprint density at radius 1 is 0.882 bits per heavy atom. The van der Waals surface area contributed by atoms with Crippen LogP contribution in [-0.4, -0.2) is 20.9 Å². The van der Waals surface area contributed by atoms with Gasteiger partial charge in [0.2, 0.25) is 0 Å². The van der Waals surface area contributed by atoms with E-state index in [1.807, 2.05) is 12.1 Å². The van der Waals surface area contributed by atoms with E-state index in [9.17, 15) is 0 Å². The van der Waals surface area contributed by atoms with Crippen LogP contribution >= 0.6 is 11.6 Å². The van der Waals surface area contributed by atoms with E-state index in [1.54, 1.807) is 3.61 Å². The summed E-state index contributed by atoms with van der Waals surface area (Å²) in [6.07, 6.45) is 0. The fourth-order valence-corrected chi connectivity index (χ4v) is 4.78. The normalized spacial score (nSPS) is 10.6. The third-order valence-corrected chi connectivity index (χ3v) is 6.76. The summed E-state index contributed by atoms with van der Waals surface area (Å²) in [5, 5.41) is 0.818. The number of aryl methyl sites for hydroxylation is 3. The molecule has 0 nitrogen and oxygen atoms in total. The molecular formula is C15H15ClTe. The first kappa shape index (κ1) is 13.0. The number of benzene rings is 2. The summed E-state index contributed by atoms with van der Waals surface area (Å²) in [5.41, 5.74) is 4.21. The summed E-state index contributed by atoms with van der Waals surface area (Å²) in [5.74, 6) is 0. The zero-order valence-corrected chi connectivity index (χ0v) is 13.3. The molecule has 0 heterocycles. The van der Waals surface area contributed by atoms with Gasteiger partial charge < -0.3 is 0 Å². The van der Waals surface area contributed by atoms with Crippen molar-refractivity contribution in [3.63, 3.8) is 0 Å². The average Bonchev–Trinajstić information content (AvgIpc) is 2.26. The molecule has 0 aromatic heterocycles. The van der Waals surface area contributed by atoms with Gasteiger partial charge in [0.05, 0.1) is 0 Å². The molecule has 2 rings (SSSR count). The number of hydrogen-bond acceptors (Lipinski definition) is 0. The standard InChI is InChI=1S/C15H15ClTe/c1-10-8-11(2)15(12(3)9-10)17-14-6-4-13(16)5-7-14/h4-9H,1-3H3. The molecular weight excluding hydrogens is 343 g/mol. The van der Waals surface area contributed by atoms with Crippen molar-refractivity contribution in [1.82, 2.24) is 0 Å². The van der Waals surface area contributed by atoms with E-state index in [2.05, 4.69) is 45.0 Å². The van der Waals surface area contributed by atoms with E-state index in [0.717, 1.165) is 5.02 Å². The minimum absolute atomic E-state index is 0.295. The predicted molar refractivity (Wildman–Crippen MR) is 77.1 cm³/mol. The van der Waals surface area contributed by atoms with Gasteiger partial charge in [-0.1, -0.05) is 0 Å². The molecule has 0 saturated carbocycles. The summed E-state index contributed by atoms with van der Waals surface area (Å²) in [6, 6.07) is 12.8. The maximum atomic E-state index is 5.91. The molecule has 0 amide bonds. The van der Waals surface area contributed by atoms with Crippen molar-refractivity contribution in [3.8, 4) is 0 Å². The second-order valence-corrected chi connectivity index (χ2v) is 7.81. The zero-order valence-electron chi connectivity index (χ0n) is 10.3. The van der Waals surface area contributed by atoms with E-state index < -0.39 is 0 Å². The summed E-state index contributed by atoms with van der Waals surface area (Å²) in [4.78, 5) is 0. The van der Waals surface area contributed by atoms with Crippen LogP contribution in [0.5, 0.6) is 0 Å². The quantitative estimate of drug-likeness (QED) is 0.725. The Kier molecular flexibility index (Phi) is 4.15. The van der Waals surface area contributed by atoms with Crippen LogP contribution in [0.3, 0.4) is 0 Å². The molecule has 0 aliphatic carbocycles. The van der Waals surface area contributed by atoms with Crippen LogP contribution < -0.4 is 7.22 Å². The van der Waals surface area contributed by atoms with Crippen molar-refractivity contribution in [2.24, 2.45) is 0 Å². The van der Waals surface area contributed by atoms with Crippen LogP contribution in [0.4, 0.5) is 0 Å². The van der Waals surface area contributed by atoms with Gasteiger partial charge in [0.25, 0.3) is 0 Å². The summed E-state index contributed by atoms with van der Waals surface area (Å²) < 4.78 is 3.00. The minimum atomic E-state index is -0.295. The van der Waals surface area contributed by atoms with Gasteiger partial charge in [-0.25, -0.2) is 0 Å². The summed E-state index contributed by atoms with van der Waals surface area (Å²) in [6.45, 7) is 6.60. The van der Waals surface area contributed by atoms with Gasteiger partial charge in [-0.15, -0.1) is 0 Å². The van der Waals surface area contributed by atoms with Gasteiger partial charge in [0, 0.05) is 0 Å². The molecule has 0 bridgehead atoms. The topological polar surface area (TPSA) is 0 Å². The Labute approximate surface area is 118 Å². The predicted octanol–water partition coefficient (Wildman–Crippen LogP) is 2.92. The monoisotopic (exact) mass is 360 g/mol. The van der Waals surface area contributed by atoms with Crippen LogP contribution in [0.15, 0.2) is 36.4 Å². The Morgan fingerprint density at radius 2 is 1.41 bits per heavy atom. The van der Waals surface area contributed by atoms with E-state index in [1.165, 1.54) is 20.3 Å². The summed E-state index contributed by atoms with van der Waals surface area (Å²) in [7, 11) is 0. The fourth-order valence-electron chi connectivity index (χ4n) is 1.95. The van der Waals surface area contributed by atoms with E-state index >= 15 is 0 Å². The zero-order chi connectivity index (χ0) is 12.4. The average molecular weight is 358 g/mol. The number of hydrogen-bond donors (Lipinski definition) is 0. The molecule has 0 spiro atoms. The molecule has 2 aromatic carbocycles. The van der Waals surface area contributed by atoms with Crippen molar-refractivity contribution >= 4 is 39.7 Å². The molecule has 88 valence electrons. The van der Waals surface area contributed by atoms with Crippen LogP contribution in [0.1, 0.15) is 16.7 Å². The molecule has 0 fully saturated rings. The number of halogens is 1. The molecule has 0 aliphatic heterocycles. The van der Waals surface area contributed by atoms with E-state index in [0.29, 0.717) is 0 Å². The third kappa shape index (κ3) is 3.26. The second kappa shape index (κ2) is 5.44. The van der Waals surface area contributed by atoms with Crippen molar-refractivity contribution < 1.29 is 0 Å². The molecule has 0 unspecified atom stereocenters. The van der Waals surface area contributed by atoms with Crippen molar-refractivity contribution in [1.29, 1.82) is 0 Å². The van der Waals surface area contributed by atoms with Gasteiger partial charge in [-0.3, -0.25) is 0 Å². The first-order chi connectivity index (χ1) is 8.06. The Hall–Kier alpha value is -0.480. The van der Waals surface area contributed by atoms with Gasteiger partial charge in [0.15, 0.2) is 0 Å². The van der Waals surface area contributed by atoms with Gasteiger partial charge in [-0.05, 0) is 0 Å². The molecule has 17 heavy (non-hydrogen) atoms. The van der Waals surface area contributed by atoms with Crippen LogP contribution in [0.25, 0.3) is 0 Å². The maximum absolute atomic E-state index is 5.91. The molecule has 2 heteroatoms. The molecule has 0 atom stereocenters. The first-order valence-corrected chi connectivity index (χ1v) is 8.28. The Bertz CT molecular complexity index is 506. The molecule has 0 saturated heterocycles. The van der Waals surface area contributed by atoms with Gasteiger partial charge >= 0.3 is 119 Å². The molecule has 2 aromatic rings.